The molecule has 21 heavy (non-hydrogen) atoms. The Morgan fingerprint density at radius 2 is 1.90 bits per heavy atom. The van der Waals surface area contributed by atoms with E-state index in [2.05, 4.69) is 42.9 Å². The lowest BCUT2D eigenvalue weighted by Crippen LogP contribution is -2.01. The molecule has 0 saturated heterocycles. The Morgan fingerprint density at radius 3 is 2.67 bits per heavy atom. The quantitative estimate of drug-likeness (QED) is 0.625. The Labute approximate surface area is 137 Å². The van der Waals surface area contributed by atoms with E-state index in [-0.39, 0.29) is 5.78 Å². The Bertz CT molecular complexity index is 906. The fourth-order valence-electron chi connectivity index (χ4n) is 2.20. The average molecular weight is 404 g/mol. The molecule has 0 aliphatic heterocycles. The van der Waals surface area contributed by atoms with Gasteiger partial charge in [-0.2, -0.15) is 5.26 Å². The molecule has 0 aliphatic rings. The van der Waals surface area contributed by atoms with E-state index in [0.29, 0.717) is 16.7 Å². The first-order chi connectivity index (χ1) is 10.1. The maximum atomic E-state index is 12.7. The third-order valence-corrected chi connectivity index (χ3v) is 4.41. The van der Waals surface area contributed by atoms with Gasteiger partial charge in [0, 0.05) is 37.2 Å². The second-order valence-electron chi connectivity index (χ2n) is 4.53. The van der Waals surface area contributed by atoms with E-state index in [1.165, 1.54) is 0 Å². The van der Waals surface area contributed by atoms with Crippen LogP contribution >= 0.6 is 31.9 Å². The number of carbonyl (C=O) groups is 1. The van der Waals surface area contributed by atoms with Crippen LogP contribution in [0.5, 0.6) is 0 Å². The summed E-state index contributed by atoms with van der Waals surface area (Å²) >= 11 is 6.79. The van der Waals surface area contributed by atoms with Crippen LogP contribution in [-0.4, -0.2) is 10.8 Å². The average Bonchev–Trinajstić information content (AvgIpc) is 2.91. The maximum Gasteiger partial charge on any atom is 0.196 e. The monoisotopic (exact) mass is 402 g/mol. The first kappa shape index (κ1) is 14.1. The van der Waals surface area contributed by atoms with Crippen molar-refractivity contribution in [3.63, 3.8) is 0 Å². The Morgan fingerprint density at radius 1 is 1.10 bits per heavy atom. The fraction of sp³-hybridized carbons (Fsp3) is 0. The van der Waals surface area contributed by atoms with Gasteiger partial charge in [-0.1, -0.05) is 37.9 Å². The number of nitrogens with zero attached hydrogens (tertiary/aromatic N) is 1. The number of aromatic amines is 1. The van der Waals surface area contributed by atoms with Crippen molar-refractivity contribution in [1.29, 1.82) is 5.26 Å². The molecule has 1 N–H and O–H groups in total. The number of aromatic nitrogens is 1. The number of hydrogen-bond acceptors (Lipinski definition) is 2. The highest BCUT2D eigenvalue weighted by Crippen LogP contribution is 2.27. The molecule has 3 nitrogen and oxygen atoms in total. The highest BCUT2D eigenvalue weighted by Gasteiger charge is 2.17. The van der Waals surface area contributed by atoms with E-state index >= 15 is 0 Å². The predicted molar refractivity (Wildman–Crippen MR) is 88.3 cm³/mol. The number of hydrogen-bond donors (Lipinski definition) is 1. The Hall–Kier alpha value is -1.90. The molecule has 1 heterocycles. The van der Waals surface area contributed by atoms with Crippen LogP contribution < -0.4 is 0 Å². The van der Waals surface area contributed by atoms with Crippen molar-refractivity contribution >= 4 is 48.5 Å². The fourth-order valence-corrected chi connectivity index (χ4v) is 2.99. The third kappa shape index (κ3) is 2.53. The van der Waals surface area contributed by atoms with Crippen LogP contribution in [0, 0.1) is 11.3 Å². The van der Waals surface area contributed by atoms with Gasteiger partial charge in [0.15, 0.2) is 5.78 Å². The molecule has 102 valence electrons. The van der Waals surface area contributed by atoms with E-state index in [9.17, 15) is 4.79 Å². The number of rotatable bonds is 2. The lowest BCUT2D eigenvalue weighted by molar-refractivity contribution is 0.103. The number of halogens is 2. The van der Waals surface area contributed by atoms with Gasteiger partial charge in [0.2, 0.25) is 0 Å². The molecule has 0 bridgehead atoms. The second kappa shape index (κ2) is 5.47. The molecule has 0 unspecified atom stereocenters. The van der Waals surface area contributed by atoms with E-state index in [4.69, 9.17) is 5.26 Å². The molecule has 5 heteroatoms. The molecule has 0 spiro atoms. The minimum Gasteiger partial charge on any atom is -0.360 e. The number of nitriles is 1. The van der Waals surface area contributed by atoms with Crippen molar-refractivity contribution in [2.24, 2.45) is 0 Å². The largest absolute Gasteiger partial charge is 0.360 e. The van der Waals surface area contributed by atoms with Crippen molar-refractivity contribution in [2.45, 2.75) is 0 Å². The Kier molecular flexibility index (Phi) is 3.66. The van der Waals surface area contributed by atoms with Crippen LogP contribution in [0.25, 0.3) is 10.9 Å². The molecule has 0 amide bonds. The van der Waals surface area contributed by atoms with Crippen molar-refractivity contribution in [3.05, 3.63) is 68.2 Å². The molecule has 3 rings (SSSR count). The number of nitrogens with one attached hydrogen (secondary N) is 1. The number of fused-ring (bicyclic) bond motifs is 1. The zero-order chi connectivity index (χ0) is 15.0. The second-order valence-corrected chi connectivity index (χ2v) is 6.30. The topological polar surface area (TPSA) is 56.6 Å². The minimum absolute atomic E-state index is 0.0702. The van der Waals surface area contributed by atoms with Gasteiger partial charge >= 0.3 is 0 Å². The van der Waals surface area contributed by atoms with Crippen LogP contribution in [0.15, 0.2) is 51.5 Å². The number of ketones is 1. The molecule has 0 fully saturated rings. The van der Waals surface area contributed by atoms with Crippen molar-refractivity contribution in [1.82, 2.24) is 4.98 Å². The molecular formula is C16H8Br2N2O. The lowest BCUT2D eigenvalue weighted by Gasteiger charge is -2.04. The van der Waals surface area contributed by atoms with Crippen LogP contribution in [0.4, 0.5) is 0 Å². The summed E-state index contributed by atoms with van der Waals surface area (Å²) in [5.74, 6) is -0.0702. The smallest absolute Gasteiger partial charge is 0.196 e. The Balaban J connectivity index is 2.14. The first-order valence-corrected chi connectivity index (χ1v) is 7.70. The van der Waals surface area contributed by atoms with Crippen molar-refractivity contribution in [2.75, 3.05) is 0 Å². The molecule has 2 aromatic carbocycles. The normalized spacial score (nSPS) is 10.5. The van der Waals surface area contributed by atoms with E-state index in [1.54, 1.807) is 30.5 Å². The molecular weight excluding hydrogens is 396 g/mol. The van der Waals surface area contributed by atoms with Gasteiger partial charge in [-0.3, -0.25) is 4.79 Å². The summed E-state index contributed by atoms with van der Waals surface area (Å²) in [6.45, 7) is 0. The first-order valence-electron chi connectivity index (χ1n) is 6.11. The summed E-state index contributed by atoms with van der Waals surface area (Å²) in [6, 6.07) is 12.8. The minimum atomic E-state index is -0.0702. The summed E-state index contributed by atoms with van der Waals surface area (Å²) < 4.78 is 1.60. The van der Waals surface area contributed by atoms with Gasteiger partial charge in [-0.25, -0.2) is 0 Å². The standard InChI is InChI=1S/C16H8Br2N2O/c17-10-2-4-14(18)12(6-10)16(21)13-8-20-15-5-9(7-19)1-3-11(13)15/h1-6,8,20H. The zero-order valence-corrected chi connectivity index (χ0v) is 13.8. The maximum absolute atomic E-state index is 12.7. The number of H-pyrrole nitrogens is 1. The lowest BCUT2D eigenvalue weighted by atomic mass is 10.0. The highest BCUT2D eigenvalue weighted by atomic mass is 79.9. The van der Waals surface area contributed by atoms with Gasteiger partial charge in [-0.05, 0) is 30.3 Å². The number of carbonyl (C=O) groups excluding carboxylic acids is 1. The van der Waals surface area contributed by atoms with Gasteiger partial charge in [0.1, 0.15) is 0 Å². The summed E-state index contributed by atoms with van der Waals surface area (Å²) in [5, 5.41) is 9.73. The molecule has 0 atom stereocenters. The van der Waals surface area contributed by atoms with Crippen molar-refractivity contribution in [3.8, 4) is 6.07 Å². The summed E-state index contributed by atoms with van der Waals surface area (Å²) in [7, 11) is 0. The molecule has 0 saturated carbocycles. The van der Waals surface area contributed by atoms with E-state index < -0.39 is 0 Å². The van der Waals surface area contributed by atoms with Gasteiger partial charge < -0.3 is 4.98 Å². The van der Waals surface area contributed by atoms with Gasteiger partial charge in [0.25, 0.3) is 0 Å². The van der Waals surface area contributed by atoms with E-state index in [1.807, 2.05) is 12.1 Å². The van der Waals surface area contributed by atoms with Crippen LogP contribution in [0.3, 0.4) is 0 Å². The van der Waals surface area contributed by atoms with Crippen LogP contribution in [0.1, 0.15) is 21.5 Å². The van der Waals surface area contributed by atoms with Crippen LogP contribution in [0.2, 0.25) is 0 Å². The number of benzene rings is 2. The summed E-state index contributed by atoms with van der Waals surface area (Å²) in [6.07, 6.45) is 1.68. The summed E-state index contributed by atoms with van der Waals surface area (Å²) in [4.78, 5) is 15.8. The van der Waals surface area contributed by atoms with Crippen LogP contribution in [-0.2, 0) is 0 Å². The van der Waals surface area contributed by atoms with Gasteiger partial charge in [-0.15, -0.1) is 0 Å². The molecule has 1 aromatic heterocycles. The summed E-state index contributed by atoms with van der Waals surface area (Å²) in [5.41, 5.74) is 2.53. The van der Waals surface area contributed by atoms with Crippen molar-refractivity contribution < 1.29 is 4.79 Å². The SMILES string of the molecule is N#Cc1ccc2c(C(=O)c3cc(Br)ccc3Br)c[nH]c2c1. The molecule has 0 aliphatic carbocycles. The molecule has 3 aromatic rings. The third-order valence-electron chi connectivity index (χ3n) is 3.23. The molecule has 0 radical (unpaired) electrons. The van der Waals surface area contributed by atoms with Gasteiger partial charge in [0.05, 0.1) is 11.6 Å². The van der Waals surface area contributed by atoms with E-state index in [0.717, 1.165) is 19.8 Å². The zero-order valence-electron chi connectivity index (χ0n) is 10.7. The predicted octanol–water partition coefficient (Wildman–Crippen LogP) is 4.80. The highest BCUT2D eigenvalue weighted by molar-refractivity contribution is 9.11.